The number of hydrogen-bond acceptors (Lipinski definition) is 4. The normalized spacial score (nSPS) is 22.1. The quantitative estimate of drug-likeness (QED) is 0.749. The summed E-state index contributed by atoms with van der Waals surface area (Å²) in [4.78, 5) is 0. The largest absolute Gasteiger partial charge is 0.392 e. The zero-order valence-electron chi connectivity index (χ0n) is 11.0. The van der Waals surface area contributed by atoms with Crippen LogP contribution in [0.5, 0.6) is 0 Å². The van der Waals surface area contributed by atoms with Gasteiger partial charge in [0.25, 0.3) is 10.0 Å². The van der Waals surface area contributed by atoms with Crippen LogP contribution in [-0.4, -0.2) is 29.8 Å². The van der Waals surface area contributed by atoms with Gasteiger partial charge in [0.2, 0.25) is 0 Å². The molecule has 1 saturated carbocycles. The minimum absolute atomic E-state index is 0.0523. The molecule has 0 spiro atoms. The predicted molar refractivity (Wildman–Crippen MR) is 66.2 cm³/mol. The molecule has 0 radical (unpaired) electrons. The van der Waals surface area contributed by atoms with Gasteiger partial charge in [0.1, 0.15) is 0 Å². The van der Waals surface area contributed by atoms with Crippen LogP contribution in [0.4, 0.5) is 0 Å². The summed E-state index contributed by atoms with van der Waals surface area (Å²) in [5.41, 5.74) is 0.109. The molecule has 1 heterocycles. The van der Waals surface area contributed by atoms with Crippen LogP contribution in [0.3, 0.4) is 0 Å². The summed E-state index contributed by atoms with van der Waals surface area (Å²) in [7, 11) is -3.67. The van der Waals surface area contributed by atoms with Crippen molar-refractivity contribution >= 4 is 10.0 Å². The summed E-state index contributed by atoms with van der Waals surface area (Å²) < 4.78 is 27.1. The molecular formula is C11H19N3O3S. The number of hydrogen-bond donors (Lipinski definition) is 3. The van der Waals surface area contributed by atoms with E-state index in [1.807, 2.05) is 27.7 Å². The van der Waals surface area contributed by atoms with Gasteiger partial charge < -0.3 is 5.11 Å². The smallest absolute Gasteiger partial charge is 0.258 e. The van der Waals surface area contributed by atoms with Crippen LogP contribution < -0.4 is 4.72 Å². The van der Waals surface area contributed by atoms with E-state index in [1.165, 1.54) is 6.20 Å². The first-order valence-electron chi connectivity index (χ1n) is 5.80. The maximum atomic E-state index is 12.2. The summed E-state index contributed by atoms with van der Waals surface area (Å²) in [6, 6.07) is -0.121. The standard InChI is InChI=1S/C11H19N3O3S/c1-10(2)9(11(10,3)4)14-18(16,17)8-7(6-15)5-12-13-8/h5,9,14-15H,6H2,1-4H3,(H,12,13). The van der Waals surface area contributed by atoms with Crippen molar-refractivity contribution in [3.05, 3.63) is 11.8 Å². The Hall–Kier alpha value is -0.920. The van der Waals surface area contributed by atoms with Crippen LogP contribution >= 0.6 is 0 Å². The second-order valence-corrected chi connectivity index (χ2v) is 7.53. The van der Waals surface area contributed by atoms with E-state index in [2.05, 4.69) is 14.9 Å². The monoisotopic (exact) mass is 273 g/mol. The highest BCUT2D eigenvalue weighted by molar-refractivity contribution is 7.89. The third-order valence-corrected chi connectivity index (χ3v) is 5.85. The molecule has 1 aliphatic rings. The lowest BCUT2D eigenvalue weighted by Gasteiger charge is -2.07. The van der Waals surface area contributed by atoms with Crippen molar-refractivity contribution in [2.75, 3.05) is 0 Å². The molecular weight excluding hydrogens is 254 g/mol. The number of H-pyrrole nitrogens is 1. The van der Waals surface area contributed by atoms with Crippen molar-refractivity contribution in [1.82, 2.24) is 14.9 Å². The molecule has 3 N–H and O–H groups in total. The zero-order chi connectivity index (χ0) is 13.8. The van der Waals surface area contributed by atoms with Gasteiger partial charge in [0.05, 0.1) is 12.8 Å². The fourth-order valence-corrected chi connectivity index (χ4v) is 4.00. The summed E-state index contributed by atoms with van der Waals surface area (Å²) in [5, 5.41) is 15.1. The molecule has 0 aromatic carbocycles. The highest BCUT2D eigenvalue weighted by atomic mass is 32.2. The van der Waals surface area contributed by atoms with Crippen LogP contribution in [0.25, 0.3) is 0 Å². The first kappa shape index (κ1) is 13.5. The molecule has 1 fully saturated rings. The number of sulfonamides is 1. The van der Waals surface area contributed by atoms with Crippen LogP contribution in [0.15, 0.2) is 11.2 Å². The maximum absolute atomic E-state index is 12.2. The van der Waals surface area contributed by atoms with Crippen LogP contribution in [-0.2, 0) is 16.6 Å². The van der Waals surface area contributed by atoms with Gasteiger partial charge >= 0.3 is 0 Å². The van der Waals surface area contributed by atoms with Crippen LogP contribution in [0.2, 0.25) is 0 Å². The molecule has 18 heavy (non-hydrogen) atoms. The number of aromatic nitrogens is 2. The van der Waals surface area contributed by atoms with Crippen LogP contribution in [0, 0.1) is 10.8 Å². The molecule has 2 rings (SSSR count). The van der Waals surface area contributed by atoms with Crippen molar-refractivity contribution in [1.29, 1.82) is 0 Å². The number of nitrogens with zero attached hydrogens (tertiary/aromatic N) is 1. The molecule has 0 unspecified atom stereocenters. The Morgan fingerprint density at radius 2 is 1.94 bits per heavy atom. The van der Waals surface area contributed by atoms with Gasteiger partial charge in [-0.2, -0.15) is 5.10 Å². The van der Waals surface area contributed by atoms with Crippen molar-refractivity contribution in [3.8, 4) is 0 Å². The lowest BCUT2D eigenvalue weighted by atomic mass is 10.0. The average molecular weight is 273 g/mol. The molecule has 0 amide bonds. The van der Waals surface area contributed by atoms with E-state index >= 15 is 0 Å². The molecule has 1 aromatic heterocycles. The minimum atomic E-state index is -3.67. The number of aromatic amines is 1. The predicted octanol–water partition coefficient (Wildman–Crippen LogP) is 0.615. The molecule has 0 atom stereocenters. The Bertz CT molecular complexity index is 546. The van der Waals surface area contributed by atoms with E-state index in [-0.39, 0.29) is 34.1 Å². The number of nitrogens with one attached hydrogen (secondary N) is 2. The zero-order valence-corrected chi connectivity index (χ0v) is 11.8. The third-order valence-electron chi connectivity index (χ3n) is 4.41. The van der Waals surface area contributed by atoms with Gasteiger partial charge in [0, 0.05) is 11.6 Å². The van der Waals surface area contributed by atoms with E-state index in [0.717, 1.165) is 0 Å². The van der Waals surface area contributed by atoms with Crippen molar-refractivity contribution in [3.63, 3.8) is 0 Å². The third kappa shape index (κ3) is 1.77. The summed E-state index contributed by atoms with van der Waals surface area (Å²) in [5.74, 6) is 0. The summed E-state index contributed by atoms with van der Waals surface area (Å²) in [6.07, 6.45) is 1.32. The van der Waals surface area contributed by atoms with E-state index in [0.29, 0.717) is 0 Å². The van der Waals surface area contributed by atoms with E-state index in [1.54, 1.807) is 0 Å². The van der Waals surface area contributed by atoms with Gasteiger partial charge in [-0.3, -0.25) is 5.10 Å². The van der Waals surface area contributed by atoms with Gasteiger partial charge in [-0.05, 0) is 10.8 Å². The van der Waals surface area contributed by atoms with Gasteiger partial charge in [-0.25, -0.2) is 13.1 Å². The fraction of sp³-hybridized carbons (Fsp3) is 0.727. The number of rotatable bonds is 4. The molecule has 0 aliphatic heterocycles. The van der Waals surface area contributed by atoms with E-state index in [9.17, 15) is 8.42 Å². The molecule has 6 nitrogen and oxygen atoms in total. The maximum Gasteiger partial charge on any atom is 0.258 e. The minimum Gasteiger partial charge on any atom is -0.392 e. The molecule has 0 saturated heterocycles. The lowest BCUT2D eigenvalue weighted by Crippen LogP contribution is -2.30. The highest BCUT2D eigenvalue weighted by Gasteiger charge is 2.66. The molecule has 7 heteroatoms. The van der Waals surface area contributed by atoms with Crippen molar-refractivity contribution in [2.45, 2.75) is 45.4 Å². The fourth-order valence-electron chi connectivity index (χ4n) is 2.35. The van der Waals surface area contributed by atoms with Crippen molar-refractivity contribution < 1.29 is 13.5 Å². The van der Waals surface area contributed by atoms with Gasteiger partial charge in [-0.15, -0.1) is 0 Å². The number of aliphatic hydroxyl groups is 1. The van der Waals surface area contributed by atoms with Gasteiger partial charge in [0.15, 0.2) is 5.03 Å². The Morgan fingerprint density at radius 1 is 1.39 bits per heavy atom. The second kappa shape index (κ2) is 3.79. The Balaban J connectivity index is 2.25. The van der Waals surface area contributed by atoms with Gasteiger partial charge in [-0.1, -0.05) is 27.7 Å². The first-order chi connectivity index (χ1) is 8.14. The molecule has 0 bridgehead atoms. The average Bonchev–Trinajstić information content (AvgIpc) is 2.68. The van der Waals surface area contributed by atoms with Crippen LogP contribution in [0.1, 0.15) is 33.3 Å². The Morgan fingerprint density at radius 3 is 2.39 bits per heavy atom. The van der Waals surface area contributed by atoms with Crippen molar-refractivity contribution in [2.24, 2.45) is 10.8 Å². The van der Waals surface area contributed by atoms with E-state index < -0.39 is 10.0 Å². The first-order valence-corrected chi connectivity index (χ1v) is 7.28. The Labute approximate surface area is 107 Å². The number of aliphatic hydroxyl groups excluding tert-OH is 1. The SMILES string of the molecule is CC1(C)C(NS(=O)(=O)c2[nH]ncc2CO)C1(C)C. The Kier molecular flexibility index (Phi) is 2.84. The van der Waals surface area contributed by atoms with E-state index in [4.69, 9.17) is 5.11 Å². The topological polar surface area (TPSA) is 95.1 Å². The summed E-state index contributed by atoms with van der Waals surface area (Å²) >= 11 is 0. The lowest BCUT2D eigenvalue weighted by molar-refractivity contribution is 0.278. The molecule has 1 aliphatic carbocycles. The summed E-state index contributed by atoms with van der Waals surface area (Å²) in [6.45, 7) is 7.75. The second-order valence-electron chi connectivity index (χ2n) is 5.88. The molecule has 1 aromatic rings. The highest BCUT2D eigenvalue weighted by Crippen LogP contribution is 2.62. The molecule has 102 valence electrons.